The standard InChI is InChI=1S/C26H27FN8/c1-18(29-11-19-8-22(27)9-19)20-4-5-26-30-23(15-34(26)14-20)16-35-17-25(31-32-35)21-10-24(13-28-12-21)33-6-2-3-7-33/h2-7,10,12-15,17-19,22,29H,8-9,11,16H2,1H3. The van der Waals surface area contributed by atoms with Crippen molar-refractivity contribution in [1.29, 1.82) is 0 Å². The Labute approximate surface area is 202 Å². The van der Waals surface area contributed by atoms with E-state index in [1.165, 1.54) is 5.56 Å². The molecule has 8 nitrogen and oxygen atoms in total. The summed E-state index contributed by atoms with van der Waals surface area (Å²) in [5.74, 6) is 0.454. The van der Waals surface area contributed by atoms with Crippen molar-refractivity contribution in [3.8, 4) is 16.9 Å². The van der Waals surface area contributed by atoms with Crippen molar-refractivity contribution in [3.05, 3.63) is 85.0 Å². The molecule has 1 unspecified atom stereocenters. The highest BCUT2D eigenvalue weighted by Gasteiger charge is 2.28. The quantitative estimate of drug-likeness (QED) is 0.367. The Morgan fingerprint density at radius 2 is 1.97 bits per heavy atom. The molecule has 1 N–H and O–H groups in total. The van der Waals surface area contributed by atoms with Gasteiger partial charge in [0.2, 0.25) is 0 Å². The largest absolute Gasteiger partial charge is 0.322 e. The van der Waals surface area contributed by atoms with E-state index >= 15 is 0 Å². The highest BCUT2D eigenvalue weighted by atomic mass is 19.1. The zero-order chi connectivity index (χ0) is 23.8. The summed E-state index contributed by atoms with van der Waals surface area (Å²) in [6.07, 6.45) is 14.4. The predicted octanol–water partition coefficient (Wildman–Crippen LogP) is 4.23. The number of hydrogen-bond donors (Lipinski definition) is 1. The number of halogens is 1. The van der Waals surface area contributed by atoms with Crippen molar-refractivity contribution in [3.63, 3.8) is 0 Å². The van der Waals surface area contributed by atoms with Gasteiger partial charge in [0.25, 0.3) is 0 Å². The Bertz CT molecular complexity index is 1430. The van der Waals surface area contributed by atoms with Crippen LogP contribution >= 0.6 is 0 Å². The lowest BCUT2D eigenvalue weighted by molar-refractivity contribution is 0.127. The molecule has 0 radical (unpaired) electrons. The highest BCUT2D eigenvalue weighted by Crippen LogP contribution is 2.30. The summed E-state index contributed by atoms with van der Waals surface area (Å²) in [5, 5.41) is 12.2. The maximum atomic E-state index is 13.1. The minimum Gasteiger partial charge on any atom is -0.322 e. The van der Waals surface area contributed by atoms with Crippen LogP contribution in [0.15, 0.2) is 73.7 Å². The van der Waals surface area contributed by atoms with E-state index in [1.807, 2.05) is 64.2 Å². The van der Waals surface area contributed by atoms with E-state index in [-0.39, 0.29) is 6.04 Å². The van der Waals surface area contributed by atoms with Crippen LogP contribution in [-0.2, 0) is 6.54 Å². The number of nitrogens with one attached hydrogen (secondary N) is 1. The fourth-order valence-corrected chi connectivity index (χ4v) is 4.57. The van der Waals surface area contributed by atoms with E-state index in [0.29, 0.717) is 25.3 Å². The molecule has 0 bridgehead atoms. The van der Waals surface area contributed by atoms with Crippen LogP contribution in [0, 0.1) is 5.92 Å². The zero-order valence-corrected chi connectivity index (χ0v) is 19.5. The summed E-state index contributed by atoms with van der Waals surface area (Å²) in [5.41, 5.74) is 5.62. The van der Waals surface area contributed by atoms with Gasteiger partial charge in [-0.2, -0.15) is 0 Å². The third-order valence-electron chi connectivity index (χ3n) is 6.70. The van der Waals surface area contributed by atoms with E-state index < -0.39 is 6.17 Å². The number of fused-ring (bicyclic) bond motifs is 1. The average Bonchev–Trinajstić information content (AvgIpc) is 3.61. The van der Waals surface area contributed by atoms with Crippen molar-refractivity contribution in [2.24, 2.45) is 5.92 Å². The molecule has 9 heteroatoms. The lowest BCUT2D eigenvalue weighted by Gasteiger charge is -2.31. The minimum atomic E-state index is -0.606. The molecule has 5 aromatic rings. The molecular weight excluding hydrogens is 443 g/mol. The van der Waals surface area contributed by atoms with Crippen molar-refractivity contribution in [2.45, 2.75) is 38.5 Å². The van der Waals surface area contributed by atoms with Crippen molar-refractivity contribution in [2.75, 3.05) is 6.54 Å². The van der Waals surface area contributed by atoms with Gasteiger partial charge in [-0.1, -0.05) is 11.3 Å². The molecule has 1 atom stereocenters. The van der Waals surface area contributed by atoms with Crippen LogP contribution in [0.3, 0.4) is 0 Å². The van der Waals surface area contributed by atoms with Crippen LogP contribution in [-0.4, -0.2) is 46.6 Å². The Hall–Kier alpha value is -3.85. The molecule has 1 aliphatic carbocycles. The number of nitrogens with zero attached hydrogens (tertiary/aromatic N) is 7. The second-order valence-corrected chi connectivity index (χ2v) is 9.35. The van der Waals surface area contributed by atoms with Crippen LogP contribution in [0.1, 0.15) is 37.1 Å². The van der Waals surface area contributed by atoms with Gasteiger partial charge in [-0.05, 0) is 62.1 Å². The van der Waals surface area contributed by atoms with Gasteiger partial charge in [-0.15, -0.1) is 5.10 Å². The topological polar surface area (TPSA) is 77.9 Å². The zero-order valence-electron chi connectivity index (χ0n) is 19.5. The number of rotatable bonds is 8. The summed E-state index contributed by atoms with van der Waals surface area (Å²) in [6, 6.07) is 10.3. The van der Waals surface area contributed by atoms with E-state index in [2.05, 4.69) is 39.8 Å². The minimum absolute atomic E-state index is 0.192. The van der Waals surface area contributed by atoms with Gasteiger partial charge in [-0.3, -0.25) is 4.98 Å². The summed E-state index contributed by atoms with van der Waals surface area (Å²) in [4.78, 5) is 9.10. The van der Waals surface area contributed by atoms with Gasteiger partial charge in [0, 0.05) is 42.6 Å². The Kier molecular flexibility index (Phi) is 5.61. The Morgan fingerprint density at radius 1 is 1.11 bits per heavy atom. The smallest absolute Gasteiger partial charge is 0.137 e. The number of alkyl halides is 1. The molecule has 1 saturated carbocycles. The maximum Gasteiger partial charge on any atom is 0.137 e. The molecule has 0 amide bonds. The Morgan fingerprint density at radius 3 is 2.80 bits per heavy atom. The maximum absolute atomic E-state index is 13.1. The monoisotopic (exact) mass is 470 g/mol. The van der Waals surface area contributed by atoms with Crippen LogP contribution < -0.4 is 5.32 Å². The van der Waals surface area contributed by atoms with Gasteiger partial charge < -0.3 is 14.3 Å². The third kappa shape index (κ3) is 4.59. The first-order valence-electron chi connectivity index (χ1n) is 11.9. The van der Waals surface area contributed by atoms with Crippen LogP contribution in [0.2, 0.25) is 0 Å². The number of hydrogen-bond acceptors (Lipinski definition) is 5. The van der Waals surface area contributed by atoms with E-state index in [0.717, 1.165) is 34.8 Å². The van der Waals surface area contributed by atoms with Gasteiger partial charge in [0.1, 0.15) is 17.5 Å². The van der Waals surface area contributed by atoms with Crippen LogP contribution in [0.25, 0.3) is 22.6 Å². The molecule has 0 saturated heterocycles. The van der Waals surface area contributed by atoms with Crippen LogP contribution in [0.5, 0.6) is 0 Å². The van der Waals surface area contributed by atoms with Crippen molar-refractivity contribution < 1.29 is 4.39 Å². The molecule has 35 heavy (non-hydrogen) atoms. The third-order valence-corrected chi connectivity index (χ3v) is 6.70. The fourth-order valence-electron chi connectivity index (χ4n) is 4.57. The summed E-state index contributed by atoms with van der Waals surface area (Å²) in [7, 11) is 0. The van der Waals surface area contributed by atoms with Gasteiger partial charge in [0.05, 0.1) is 30.3 Å². The molecule has 1 aliphatic rings. The average molecular weight is 471 g/mol. The SMILES string of the molecule is CC(NCC1CC(F)C1)c1ccc2nc(Cn3cc(-c4cncc(-n5cccc5)c4)nn3)cn2c1. The molecule has 178 valence electrons. The molecule has 1 fully saturated rings. The van der Waals surface area contributed by atoms with Gasteiger partial charge >= 0.3 is 0 Å². The predicted molar refractivity (Wildman–Crippen MR) is 131 cm³/mol. The molecule has 0 spiro atoms. The second-order valence-electron chi connectivity index (χ2n) is 9.35. The molecule has 0 aliphatic heterocycles. The second kappa shape index (κ2) is 9.07. The van der Waals surface area contributed by atoms with Gasteiger partial charge in [-0.25, -0.2) is 14.1 Å². The van der Waals surface area contributed by atoms with Crippen molar-refractivity contribution in [1.82, 2.24) is 39.2 Å². The van der Waals surface area contributed by atoms with E-state index in [1.54, 1.807) is 10.9 Å². The van der Waals surface area contributed by atoms with Crippen molar-refractivity contribution >= 4 is 5.65 Å². The summed E-state index contributed by atoms with van der Waals surface area (Å²) in [6.45, 7) is 3.52. The molecule has 5 aromatic heterocycles. The lowest BCUT2D eigenvalue weighted by atomic mass is 9.83. The lowest BCUT2D eigenvalue weighted by Crippen LogP contribution is -2.35. The molecule has 5 heterocycles. The first-order chi connectivity index (χ1) is 17.1. The Balaban J connectivity index is 1.14. The number of aromatic nitrogens is 7. The number of imidazole rings is 1. The fraction of sp³-hybridized carbons (Fsp3) is 0.308. The molecular formula is C26H27FN8. The first-order valence-corrected chi connectivity index (χ1v) is 11.9. The van der Waals surface area contributed by atoms with Crippen LogP contribution in [0.4, 0.5) is 4.39 Å². The van der Waals surface area contributed by atoms with E-state index in [4.69, 9.17) is 4.98 Å². The highest BCUT2D eigenvalue weighted by molar-refractivity contribution is 5.59. The summed E-state index contributed by atoms with van der Waals surface area (Å²) < 4.78 is 18.9. The number of pyridine rings is 2. The van der Waals surface area contributed by atoms with Gasteiger partial charge in [0.15, 0.2) is 0 Å². The first kappa shape index (κ1) is 21.7. The molecule has 0 aromatic carbocycles. The summed E-state index contributed by atoms with van der Waals surface area (Å²) >= 11 is 0. The molecule has 6 rings (SSSR count). The van der Waals surface area contributed by atoms with E-state index in [9.17, 15) is 4.39 Å². The normalized spacial score (nSPS) is 18.6.